The molecule has 1 fully saturated rings. The van der Waals surface area contributed by atoms with Gasteiger partial charge < -0.3 is 4.74 Å². The van der Waals surface area contributed by atoms with Gasteiger partial charge in [-0.2, -0.15) is 0 Å². The molecular weight excluding hydrogens is 342 g/mol. The van der Waals surface area contributed by atoms with E-state index in [0.717, 1.165) is 22.9 Å². The number of methoxy groups -OCH3 is 1. The van der Waals surface area contributed by atoms with Crippen LogP contribution in [0, 0.1) is 0 Å². The minimum Gasteiger partial charge on any atom is -0.468 e. The molecule has 0 bridgehead atoms. The summed E-state index contributed by atoms with van der Waals surface area (Å²) in [5, 5.41) is 4.04. The van der Waals surface area contributed by atoms with Crippen molar-refractivity contribution in [3.63, 3.8) is 0 Å². The predicted octanol–water partition coefficient (Wildman–Crippen LogP) is 4.24. The first-order valence-corrected chi connectivity index (χ1v) is 8.07. The average Bonchev–Trinajstić information content (AvgIpc) is 2.48. The van der Waals surface area contributed by atoms with Crippen LogP contribution in [0.2, 0.25) is 5.02 Å². The zero-order valence-electron chi connectivity index (χ0n) is 11.5. The van der Waals surface area contributed by atoms with Crippen LogP contribution in [0.4, 0.5) is 0 Å². The number of ether oxygens (including phenoxy) is 1. The van der Waals surface area contributed by atoms with E-state index >= 15 is 0 Å². The van der Waals surface area contributed by atoms with Crippen LogP contribution in [0.3, 0.4) is 0 Å². The first kappa shape index (κ1) is 15.8. The number of carbonyl (C=O) groups excluding carboxylic acids is 1. The van der Waals surface area contributed by atoms with Gasteiger partial charge in [-0.15, -0.1) is 0 Å². The minimum atomic E-state index is -0.476. The van der Waals surface area contributed by atoms with Crippen LogP contribution in [0.1, 0.15) is 43.7 Å². The Morgan fingerprint density at radius 1 is 1.40 bits per heavy atom. The van der Waals surface area contributed by atoms with E-state index in [1.165, 1.54) is 26.4 Å². The molecule has 0 aliphatic heterocycles. The van der Waals surface area contributed by atoms with Crippen LogP contribution in [-0.2, 0) is 9.53 Å². The number of carbonyl (C=O) groups is 1. The molecule has 3 nitrogen and oxygen atoms in total. The van der Waals surface area contributed by atoms with E-state index in [1.54, 1.807) is 6.07 Å². The van der Waals surface area contributed by atoms with Crippen LogP contribution in [0.25, 0.3) is 0 Å². The van der Waals surface area contributed by atoms with Crippen molar-refractivity contribution < 1.29 is 9.53 Å². The third-order valence-electron chi connectivity index (χ3n) is 3.71. The van der Waals surface area contributed by atoms with E-state index in [1.807, 2.05) is 12.1 Å². The van der Waals surface area contributed by atoms with Crippen molar-refractivity contribution in [2.24, 2.45) is 0 Å². The summed E-state index contributed by atoms with van der Waals surface area (Å²) in [6.07, 6.45) is 5.91. The molecule has 0 heterocycles. The van der Waals surface area contributed by atoms with Gasteiger partial charge in [-0.05, 0) is 36.6 Å². The Morgan fingerprint density at radius 2 is 2.10 bits per heavy atom. The van der Waals surface area contributed by atoms with E-state index in [4.69, 9.17) is 16.3 Å². The zero-order valence-corrected chi connectivity index (χ0v) is 13.8. The van der Waals surface area contributed by atoms with Gasteiger partial charge in [-0.25, -0.2) is 4.79 Å². The van der Waals surface area contributed by atoms with Gasteiger partial charge >= 0.3 is 5.97 Å². The van der Waals surface area contributed by atoms with E-state index in [0.29, 0.717) is 11.1 Å². The molecule has 0 radical (unpaired) electrons. The summed E-state index contributed by atoms with van der Waals surface area (Å²) in [7, 11) is 1.41. The van der Waals surface area contributed by atoms with E-state index in [9.17, 15) is 4.79 Å². The third kappa shape index (κ3) is 3.96. The Labute approximate surface area is 133 Å². The van der Waals surface area contributed by atoms with Crippen LogP contribution in [0.15, 0.2) is 22.7 Å². The quantitative estimate of drug-likeness (QED) is 0.816. The van der Waals surface area contributed by atoms with Crippen molar-refractivity contribution >= 4 is 33.5 Å². The Hall–Kier alpha value is -0.580. The molecule has 1 aliphatic rings. The number of nitrogens with one attached hydrogen (secondary N) is 1. The second-order valence-corrected chi connectivity index (χ2v) is 6.41. The molecule has 0 aromatic heterocycles. The first-order valence-electron chi connectivity index (χ1n) is 6.90. The summed E-state index contributed by atoms with van der Waals surface area (Å²) >= 11 is 9.54. The molecule has 1 saturated carbocycles. The van der Waals surface area contributed by atoms with E-state index in [-0.39, 0.29) is 5.97 Å². The van der Waals surface area contributed by atoms with Gasteiger partial charge in [0.25, 0.3) is 0 Å². The summed E-state index contributed by atoms with van der Waals surface area (Å²) < 4.78 is 5.80. The number of hydrogen-bond donors (Lipinski definition) is 1. The van der Waals surface area contributed by atoms with Gasteiger partial charge in [0.1, 0.15) is 6.04 Å². The second kappa shape index (κ2) is 7.43. The Morgan fingerprint density at radius 3 is 2.75 bits per heavy atom. The van der Waals surface area contributed by atoms with Gasteiger partial charge in [-0.1, -0.05) is 46.8 Å². The highest BCUT2D eigenvalue weighted by Gasteiger charge is 2.27. The smallest absolute Gasteiger partial charge is 0.327 e. The van der Waals surface area contributed by atoms with Gasteiger partial charge in [0.05, 0.1) is 7.11 Å². The van der Waals surface area contributed by atoms with Gasteiger partial charge in [-0.3, -0.25) is 5.32 Å². The highest BCUT2D eigenvalue weighted by atomic mass is 79.9. The van der Waals surface area contributed by atoms with Crippen LogP contribution in [0.5, 0.6) is 0 Å². The maximum absolute atomic E-state index is 12.1. The Kier molecular flexibility index (Phi) is 5.87. The lowest BCUT2D eigenvalue weighted by Gasteiger charge is -2.28. The maximum atomic E-state index is 12.1. The fourth-order valence-corrected chi connectivity index (χ4v) is 3.30. The average molecular weight is 361 g/mol. The monoisotopic (exact) mass is 359 g/mol. The summed E-state index contributed by atoms with van der Waals surface area (Å²) in [5.41, 5.74) is 0.829. The van der Waals surface area contributed by atoms with Crippen molar-refractivity contribution in [3.05, 3.63) is 33.3 Å². The highest BCUT2D eigenvalue weighted by molar-refractivity contribution is 9.10. The SMILES string of the molecule is COC(=O)C(NC1CCCCC1)c1cc(Cl)ccc1Br. The zero-order chi connectivity index (χ0) is 14.5. The van der Waals surface area contributed by atoms with E-state index < -0.39 is 6.04 Å². The molecule has 0 amide bonds. The van der Waals surface area contributed by atoms with Crippen LogP contribution in [-0.4, -0.2) is 19.1 Å². The molecule has 0 spiro atoms. The van der Waals surface area contributed by atoms with Crippen molar-refractivity contribution in [2.75, 3.05) is 7.11 Å². The summed E-state index contributed by atoms with van der Waals surface area (Å²) in [5.74, 6) is -0.279. The first-order chi connectivity index (χ1) is 9.61. The molecule has 5 heteroatoms. The molecule has 2 rings (SSSR count). The van der Waals surface area contributed by atoms with Gasteiger partial charge in [0.2, 0.25) is 0 Å². The number of hydrogen-bond acceptors (Lipinski definition) is 3. The van der Waals surface area contributed by atoms with Crippen molar-refractivity contribution in [2.45, 2.75) is 44.2 Å². The van der Waals surface area contributed by atoms with Gasteiger partial charge in [0, 0.05) is 15.5 Å². The van der Waals surface area contributed by atoms with Crippen molar-refractivity contribution in [1.29, 1.82) is 0 Å². The predicted molar refractivity (Wildman–Crippen MR) is 83.9 cm³/mol. The normalized spacial score (nSPS) is 17.8. The number of benzene rings is 1. The molecule has 1 aromatic rings. The number of halogens is 2. The maximum Gasteiger partial charge on any atom is 0.327 e. The molecule has 110 valence electrons. The minimum absolute atomic E-state index is 0.279. The lowest BCUT2D eigenvalue weighted by Crippen LogP contribution is -2.39. The topological polar surface area (TPSA) is 38.3 Å². The number of rotatable bonds is 4. The van der Waals surface area contributed by atoms with Crippen molar-refractivity contribution in [1.82, 2.24) is 5.32 Å². The largest absolute Gasteiger partial charge is 0.468 e. The standard InChI is InChI=1S/C15H19BrClNO2/c1-20-15(19)14(18-11-5-3-2-4-6-11)12-9-10(17)7-8-13(12)16/h7-9,11,14,18H,2-6H2,1H3. The van der Waals surface area contributed by atoms with E-state index in [2.05, 4.69) is 21.2 Å². The molecule has 1 N–H and O–H groups in total. The fourth-order valence-electron chi connectivity index (χ4n) is 2.64. The fraction of sp³-hybridized carbons (Fsp3) is 0.533. The highest BCUT2D eigenvalue weighted by Crippen LogP contribution is 2.29. The van der Waals surface area contributed by atoms with Crippen molar-refractivity contribution in [3.8, 4) is 0 Å². The molecule has 1 aromatic carbocycles. The summed E-state index contributed by atoms with van der Waals surface area (Å²) in [6.45, 7) is 0. The second-order valence-electron chi connectivity index (χ2n) is 5.12. The molecule has 20 heavy (non-hydrogen) atoms. The lowest BCUT2D eigenvalue weighted by atomic mass is 9.94. The molecule has 0 saturated heterocycles. The molecule has 1 aliphatic carbocycles. The lowest BCUT2D eigenvalue weighted by molar-refractivity contribution is -0.143. The summed E-state index contributed by atoms with van der Waals surface area (Å²) in [6, 6.07) is 5.35. The number of esters is 1. The molecule has 1 atom stereocenters. The van der Waals surface area contributed by atoms with Crippen LogP contribution < -0.4 is 5.32 Å². The Bertz CT molecular complexity index is 475. The summed E-state index contributed by atoms with van der Waals surface area (Å²) in [4.78, 5) is 12.1. The van der Waals surface area contributed by atoms with Crippen LogP contribution >= 0.6 is 27.5 Å². The molecular formula is C15H19BrClNO2. The third-order valence-corrected chi connectivity index (χ3v) is 4.67. The Balaban J connectivity index is 2.22. The van der Waals surface area contributed by atoms with Gasteiger partial charge in [0.15, 0.2) is 0 Å². The molecule has 1 unspecified atom stereocenters.